The van der Waals surface area contributed by atoms with Crippen molar-refractivity contribution in [2.75, 3.05) is 26.7 Å². The number of carbonyl (C=O) groups excluding carboxylic acids is 3. The number of rotatable bonds is 10. The van der Waals surface area contributed by atoms with Crippen molar-refractivity contribution >= 4 is 55.2 Å². The van der Waals surface area contributed by atoms with Crippen molar-refractivity contribution in [3.63, 3.8) is 0 Å². The molecule has 3 aromatic carbocycles. The van der Waals surface area contributed by atoms with E-state index >= 15 is 0 Å². The molecule has 4 aromatic rings. The second-order valence-corrected chi connectivity index (χ2v) is 10.8. The molecule has 8 heteroatoms. The molecule has 0 spiro atoms. The van der Waals surface area contributed by atoms with Crippen LogP contribution < -0.4 is 10.1 Å². The van der Waals surface area contributed by atoms with Crippen LogP contribution in [0.15, 0.2) is 77.9 Å². The molecule has 0 atom stereocenters. The summed E-state index contributed by atoms with van der Waals surface area (Å²) in [5.41, 5.74) is 2.40. The Hall–Kier alpha value is -3.91. The average Bonchev–Trinajstić information content (AvgIpc) is 3.27. The highest BCUT2D eigenvalue weighted by atomic mass is 79.9. The largest absolute Gasteiger partial charge is 0.496 e. The van der Waals surface area contributed by atoms with E-state index < -0.39 is 0 Å². The monoisotopic (exact) mass is 587 g/mol. The van der Waals surface area contributed by atoms with Gasteiger partial charge in [0.25, 0.3) is 5.91 Å². The third-order valence-corrected chi connectivity index (χ3v) is 7.77. The van der Waals surface area contributed by atoms with Gasteiger partial charge < -0.3 is 19.5 Å². The Morgan fingerprint density at radius 2 is 1.90 bits per heavy atom. The number of methoxy groups -OCH3 is 1. The summed E-state index contributed by atoms with van der Waals surface area (Å²) in [6.07, 6.45) is 4.07. The van der Waals surface area contributed by atoms with Gasteiger partial charge in [-0.05, 0) is 47.5 Å². The lowest BCUT2D eigenvalue weighted by Gasteiger charge is -2.38. The molecular weight excluding hydrogens is 558 g/mol. The summed E-state index contributed by atoms with van der Waals surface area (Å²) in [5.74, 6) is 0.730. The number of fused-ring (bicyclic) bond motifs is 2. The second kappa shape index (κ2) is 11.5. The topological polar surface area (TPSA) is 80.6 Å². The Morgan fingerprint density at radius 1 is 1.10 bits per heavy atom. The molecule has 39 heavy (non-hydrogen) atoms. The van der Waals surface area contributed by atoms with Gasteiger partial charge in [0, 0.05) is 59.1 Å². The molecule has 2 amide bonds. The summed E-state index contributed by atoms with van der Waals surface area (Å²) in [6.45, 7) is 5.26. The van der Waals surface area contributed by atoms with E-state index in [9.17, 15) is 14.4 Å². The van der Waals surface area contributed by atoms with Gasteiger partial charge in [-0.15, -0.1) is 0 Å². The molecule has 2 heterocycles. The maximum absolute atomic E-state index is 13.3. The summed E-state index contributed by atoms with van der Waals surface area (Å²) in [6, 6.07) is 17.8. The van der Waals surface area contributed by atoms with Gasteiger partial charge in [0.05, 0.1) is 19.2 Å². The number of ether oxygens (including phenoxy) is 1. The Kier molecular flexibility index (Phi) is 7.84. The van der Waals surface area contributed by atoms with E-state index in [-0.39, 0.29) is 30.1 Å². The predicted octanol–water partition coefficient (Wildman–Crippen LogP) is 5.14. The number of hydrogen-bond donors (Lipinski definition) is 1. The minimum atomic E-state index is -0.193. The van der Waals surface area contributed by atoms with Gasteiger partial charge in [-0.2, -0.15) is 0 Å². The van der Waals surface area contributed by atoms with Crippen molar-refractivity contribution in [2.45, 2.75) is 19.4 Å². The number of ketones is 1. The van der Waals surface area contributed by atoms with Crippen molar-refractivity contribution < 1.29 is 19.1 Å². The molecule has 7 nitrogen and oxygen atoms in total. The number of carbonyl (C=O) groups is 3. The Balaban J connectivity index is 1.28. The zero-order valence-corrected chi connectivity index (χ0v) is 23.4. The van der Waals surface area contributed by atoms with Gasteiger partial charge in [0.1, 0.15) is 5.75 Å². The third kappa shape index (κ3) is 5.61. The number of nitrogens with one attached hydrogen (secondary N) is 1. The Labute approximate surface area is 235 Å². The quantitative estimate of drug-likeness (QED) is 0.260. The van der Waals surface area contributed by atoms with E-state index in [0.717, 1.165) is 37.5 Å². The SMILES string of the molecule is C=CC(=O)N1CC(CC(=O)Cn2cc(C(=O)NCCc3c(OC)ccc4ccccc34)c3cc(Br)ccc32)C1. The van der Waals surface area contributed by atoms with Gasteiger partial charge >= 0.3 is 0 Å². The lowest BCUT2D eigenvalue weighted by Crippen LogP contribution is -2.50. The molecule has 1 aromatic heterocycles. The van der Waals surface area contributed by atoms with Crippen molar-refractivity contribution in [3.8, 4) is 5.75 Å². The zero-order valence-electron chi connectivity index (χ0n) is 21.8. The van der Waals surface area contributed by atoms with Crippen LogP contribution in [-0.4, -0.2) is 53.8 Å². The average molecular weight is 589 g/mol. The summed E-state index contributed by atoms with van der Waals surface area (Å²) in [5, 5.41) is 6.07. The van der Waals surface area contributed by atoms with Crippen molar-refractivity contribution in [3.05, 3.63) is 89.0 Å². The first-order valence-corrected chi connectivity index (χ1v) is 13.7. The molecule has 0 radical (unpaired) electrons. The first-order valence-electron chi connectivity index (χ1n) is 12.9. The summed E-state index contributed by atoms with van der Waals surface area (Å²) >= 11 is 3.51. The molecule has 1 aliphatic heterocycles. The fourth-order valence-corrected chi connectivity index (χ4v) is 5.69. The van der Waals surface area contributed by atoms with E-state index in [0.29, 0.717) is 38.0 Å². The number of amides is 2. The van der Waals surface area contributed by atoms with E-state index in [1.54, 1.807) is 18.2 Å². The van der Waals surface area contributed by atoms with Gasteiger partial charge in [-0.3, -0.25) is 14.4 Å². The van der Waals surface area contributed by atoms with Gasteiger partial charge in [0.2, 0.25) is 5.91 Å². The van der Waals surface area contributed by atoms with Crippen LogP contribution in [0.2, 0.25) is 0 Å². The normalized spacial score (nSPS) is 13.3. The van der Waals surface area contributed by atoms with Crippen LogP contribution in [0.3, 0.4) is 0 Å². The molecule has 200 valence electrons. The fraction of sp³-hybridized carbons (Fsp3) is 0.258. The van der Waals surface area contributed by atoms with Crippen LogP contribution in [0, 0.1) is 5.92 Å². The van der Waals surface area contributed by atoms with Gasteiger partial charge in [-0.25, -0.2) is 0 Å². The number of nitrogens with zero attached hydrogens (tertiary/aromatic N) is 2. The van der Waals surface area contributed by atoms with Crippen LogP contribution in [0.25, 0.3) is 21.7 Å². The highest BCUT2D eigenvalue weighted by Gasteiger charge is 2.31. The molecule has 5 rings (SSSR count). The van der Waals surface area contributed by atoms with Crippen LogP contribution in [0.1, 0.15) is 22.3 Å². The molecule has 1 aliphatic rings. The Morgan fingerprint density at radius 3 is 2.67 bits per heavy atom. The lowest BCUT2D eigenvalue weighted by atomic mass is 9.94. The molecule has 1 saturated heterocycles. The first kappa shape index (κ1) is 26.7. The van der Waals surface area contributed by atoms with E-state index in [2.05, 4.69) is 40.0 Å². The van der Waals surface area contributed by atoms with Crippen molar-refractivity contribution in [2.24, 2.45) is 5.92 Å². The highest BCUT2D eigenvalue weighted by molar-refractivity contribution is 9.10. The standard InChI is InChI=1S/C31H30BrN3O4/c1-3-30(37)35-16-20(17-35)14-23(36)18-34-19-27(26-15-22(32)9-10-28(26)34)31(38)33-13-12-25-24-7-5-4-6-21(24)8-11-29(25)39-2/h3-11,15,19-20H,1,12-14,16-18H2,2H3,(H,33,38). The van der Waals surface area contributed by atoms with Crippen molar-refractivity contribution in [1.82, 2.24) is 14.8 Å². The van der Waals surface area contributed by atoms with Gasteiger partial charge in [0.15, 0.2) is 5.78 Å². The number of halogens is 1. The van der Waals surface area contributed by atoms with Crippen LogP contribution in [0.4, 0.5) is 0 Å². The number of likely N-dealkylation sites (tertiary alicyclic amines) is 1. The molecule has 1 fully saturated rings. The lowest BCUT2D eigenvalue weighted by molar-refractivity contribution is -0.134. The minimum absolute atomic E-state index is 0.0699. The molecular formula is C31H30BrN3O4. The minimum Gasteiger partial charge on any atom is -0.496 e. The zero-order chi connectivity index (χ0) is 27.5. The molecule has 0 bridgehead atoms. The van der Waals surface area contributed by atoms with Crippen LogP contribution in [0.5, 0.6) is 5.75 Å². The summed E-state index contributed by atoms with van der Waals surface area (Å²) in [4.78, 5) is 39.6. The van der Waals surface area contributed by atoms with E-state index in [4.69, 9.17) is 4.74 Å². The second-order valence-electron chi connectivity index (χ2n) is 9.86. The fourth-order valence-electron chi connectivity index (χ4n) is 5.33. The summed E-state index contributed by atoms with van der Waals surface area (Å²) < 4.78 is 8.29. The number of hydrogen-bond acceptors (Lipinski definition) is 4. The number of aromatic nitrogens is 1. The maximum atomic E-state index is 13.3. The molecule has 1 N–H and O–H groups in total. The smallest absolute Gasteiger partial charge is 0.253 e. The van der Waals surface area contributed by atoms with Crippen molar-refractivity contribution in [1.29, 1.82) is 0 Å². The predicted molar refractivity (Wildman–Crippen MR) is 156 cm³/mol. The number of benzene rings is 3. The van der Waals surface area contributed by atoms with Crippen LogP contribution in [-0.2, 0) is 22.6 Å². The highest BCUT2D eigenvalue weighted by Crippen LogP contribution is 2.29. The summed E-state index contributed by atoms with van der Waals surface area (Å²) in [7, 11) is 1.65. The maximum Gasteiger partial charge on any atom is 0.253 e. The first-order chi connectivity index (χ1) is 18.9. The third-order valence-electron chi connectivity index (χ3n) is 7.27. The Bertz CT molecular complexity index is 1590. The number of Topliss-reactive ketones (excluding diaryl/α,β-unsaturated/α-hetero) is 1. The molecule has 0 saturated carbocycles. The molecule has 0 aliphatic carbocycles. The molecule has 0 unspecified atom stereocenters. The van der Waals surface area contributed by atoms with Crippen LogP contribution >= 0.6 is 15.9 Å². The van der Waals surface area contributed by atoms with Gasteiger partial charge in [-0.1, -0.05) is 52.8 Å². The van der Waals surface area contributed by atoms with E-state index in [1.165, 1.54) is 6.08 Å². The van der Waals surface area contributed by atoms with E-state index in [1.807, 2.05) is 47.0 Å².